The van der Waals surface area contributed by atoms with E-state index in [1.165, 1.54) is 11.6 Å². The van der Waals surface area contributed by atoms with Crippen LogP contribution in [-0.2, 0) is 19.6 Å². The number of ketones is 1. The molecule has 4 aliphatic carbocycles. The van der Waals surface area contributed by atoms with Crippen LogP contribution < -0.4 is 9.46 Å². The third kappa shape index (κ3) is 5.64. The molecule has 5 rings (SSSR count). The van der Waals surface area contributed by atoms with E-state index in [2.05, 4.69) is 37.7 Å². The van der Waals surface area contributed by atoms with Gasteiger partial charge in [0, 0.05) is 12.5 Å². The quantitative estimate of drug-likeness (QED) is 0.381. The molecular weight excluding hydrogens is 555 g/mol. The highest BCUT2D eigenvalue weighted by Gasteiger charge is 2.58. The van der Waals surface area contributed by atoms with Gasteiger partial charge in [-0.25, -0.2) is 13.1 Å². The summed E-state index contributed by atoms with van der Waals surface area (Å²) in [6.45, 7) is 6.75. The molecule has 7 atom stereocenters. The van der Waals surface area contributed by atoms with E-state index in [-0.39, 0.29) is 27.4 Å². The topological polar surface area (TPSA) is 89.5 Å². The average molecular weight is 592 g/mol. The maximum absolute atomic E-state index is 12.6. The highest BCUT2D eigenvalue weighted by atomic mass is 32.2. The number of hydrogen-bond acceptors (Lipinski definition) is 5. The summed E-state index contributed by atoms with van der Waals surface area (Å²) in [5, 5.41) is 0. The van der Waals surface area contributed by atoms with Crippen LogP contribution >= 0.6 is 0 Å². The van der Waals surface area contributed by atoms with E-state index in [9.17, 15) is 31.2 Å². The fraction of sp³-hybridized carbons (Fsp3) is 0.548. The lowest BCUT2D eigenvalue weighted by Crippen LogP contribution is -2.49. The first-order chi connectivity index (χ1) is 19.1. The molecule has 2 saturated carbocycles. The van der Waals surface area contributed by atoms with E-state index in [1.54, 1.807) is 6.08 Å². The van der Waals surface area contributed by atoms with Crippen LogP contribution in [0, 0.1) is 40.4 Å². The summed E-state index contributed by atoms with van der Waals surface area (Å²) in [7, 11) is -4.27. The second-order valence-electron chi connectivity index (χ2n) is 12.6. The molecular formula is C31H36F3NO5S. The van der Waals surface area contributed by atoms with Crippen molar-refractivity contribution in [2.45, 2.75) is 70.6 Å². The molecule has 222 valence electrons. The molecule has 1 aromatic rings. The Kier molecular flexibility index (Phi) is 7.54. The van der Waals surface area contributed by atoms with Crippen LogP contribution in [0.3, 0.4) is 0 Å². The van der Waals surface area contributed by atoms with Crippen molar-refractivity contribution in [2.75, 3.05) is 0 Å². The fourth-order valence-electron chi connectivity index (χ4n) is 8.32. The molecule has 1 aromatic carbocycles. The molecule has 2 fully saturated rings. The number of carbonyl (C=O) groups is 2. The molecule has 0 heterocycles. The van der Waals surface area contributed by atoms with Crippen molar-refractivity contribution >= 4 is 21.7 Å². The smallest absolute Gasteiger partial charge is 0.406 e. The lowest BCUT2D eigenvalue weighted by atomic mass is 9.48. The summed E-state index contributed by atoms with van der Waals surface area (Å²) < 4.78 is 68.0. The van der Waals surface area contributed by atoms with Gasteiger partial charge >= 0.3 is 6.36 Å². The van der Waals surface area contributed by atoms with Crippen molar-refractivity contribution < 1.29 is 35.9 Å². The Morgan fingerprint density at radius 3 is 2.49 bits per heavy atom. The first-order valence-corrected chi connectivity index (χ1v) is 15.6. The van der Waals surface area contributed by atoms with Gasteiger partial charge in [0.25, 0.3) is 15.9 Å². The lowest BCUT2D eigenvalue weighted by Gasteiger charge is -2.56. The van der Waals surface area contributed by atoms with E-state index in [1.807, 2.05) is 10.8 Å². The zero-order valence-electron chi connectivity index (χ0n) is 23.4. The number of amides is 1. The monoisotopic (exact) mass is 591 g/mol. The van der Waals surface area contributed by atoms with E-state index in [0.29, 0.717) is 30.1 Å². The van der Waals surface area contributed by atoms with Gasteiger partial charge in [0.2, 0.25) is 0 Å². The number of ether oxygens (including phenoxy) is 1. The van der Waals surface area contributed by atoms with Gasteiger partial charge in [-0.1, -0.05) is 39.0 Å². The fourth-order valence-corrected chi connectivity index (χ4v) is 9.27. The van der Waals surface area contributed by atoms with Crippen LogP contribution in [-0.4, -0.2) is 26.5 Å². The van der Waals surface area contributed by atoms with Crippen LogP contribution in [0.25, 0.3) is 0 Å². The molecule has 0 aliphatic heterocycles. The van der Waals surface area contributed by atoms with Gasteiger partial charge in [-0.05, 0) is 108 Å². The molecule has 0 aromatic heterocycles. The lowest BCUT2D eigenvalue weighted by molar-refractivity contribution is -0.274. The molecule has 0 saturated heterocycles. The van der Waals surface area contributed by atoms with Crippen molar-refractivity contribution in [1.29, 1.82) is 0 Å². The Bertz CT molecular complexity index is 1410. The highest BCUT2D eigenvalue weighted by molar-refractivity contribution is 7.90. The SMILES string of the molecule is C[C@H](/C=C/C(=O)NS(=O)(=O)c1ccc(OC(F)(F)F)cc1)C1CCC2C3C=CC4=CC(=O)CC[C@]4(C)C3CC[C@@]21C. The second kappa shape index (κ2) is 10.4. The number of halogens is 3. The molecule has 0 bridgehead atoms. The summed E-state index contributed by atoms with van der Waals surface area (Å²) in [6, 6.07) is 3.65. The van der Waals surface area contributed by atoms with Crippen molar-refractivity contribution in [3.05, 3.63) is 60.2 Å². The molecule has 10 heteroatoms. The maximum atomic E-state index is 12.6. The number of rotatable bonds is 6. The van der Waals surface area contributed by atoms with Crippen molar-refractivity contribution in [3.8, 4) is 5.75 Å². The summed E-state index contributed by atoms with van der Waals surface area (Å²) in [6.07, 6.45) is 10.3. The van der Waals surface area contributed by atoms with Crippen LogP contribution in [0.5, 0.6) is 5.75 Å². The molecule has 1 N–H and O–H groups in total. The van der Waals surface area contributed by atoms with Gasteiger partial charge in [-0.2, -0.15) is 0 Å². The first-order valence-electron chi connectivity index (χ1n) is 14.2. The average Bonchev–Trinajstić information content (AvgIpc) is 3.24. The largest absolute Gasteiger partial charge is 0.573 e. The maximum Gasteiger partial charge on any atom is 0.573 e. The van der Waals surface area contributed by atoms with Crippen molar-refractivity contribution in [2.24, 2.45) is 40.4 Å². The Hall–Kier alpha value is -2.88. The Morgan fingerprint density at radius 2 is 1.80 bits per heavy atom. The van der Waals surface area contributed by atoms with E-state index >= 15 is 0 Å². The predicted octanol–water partition coefficient (Wildman–Crippen LogP) is 6.51. The van der Waals surface area contributed by atoms with Gasteiger partial charge < -0.3 is 4.74 Å². The predicted molar refractivity (Wildman–Crippen MR) is 147 cm³/mol. The van der Waals surface area contributed by atoms with Crippen molar-refractivity contribution in [3.63, 3.8) is 0 Å². The minimum atomic E-state index is -4.89. The van der Waals surface area contributed by atoms with Crippen molar-refractivity contribution in [1.82, 2.24) is 4.72 Å². The number of sulfonamides is 1. The summed E-state index contributed by atoms with van der Waals surface area (Å²) >= 11 is 0. The van der Waals surface area contributed by atoms with Crippen LogP contribution in [0.1, 0.15) is 59.3 Å². The molecule has 4 unspecified atom stereocenters. The number of alkyl halides is 3. The van der Waals surface area contributed by atoms with Crippen LogP contribution in [0.15, 0.2) is 65.1 Å². The number of carbonyl (C=O) groups excluding carboxylic acids is 2. The van der Waals surface area contributed by atoms with Gasteiger partial charge in [0.15, 0.2) is 5.78 Å². The van der Waals surface area contributed by atoms with E-state index in [4.69, 9.17) is 0 Å². The number of hydrogen-bond donors (Lipinski definition) is 1. The Labute approximate surface area is 239 Å². The minimum absolute atomic E-state index is 0.0352. The van der Waals surface area contributed by atoms with Gasteiger partial charge in [0.1, 0.15) is 5.75 Å². The third-order valence-corrected chi connectivity index (χ3v) is 11.7. The Balaban J connectivity index is 1.24. The molecule has 4 aliphatic rings. The van der Waals surface area contributed by atoms with E-state index < -0.39 is 28.0 Å². The Morgan fingerprint density at radius 1 is 1.10 bits per heavy atom. The zero-order valence-corrected chi connectivity index (χ0v) is 24.2. The zero-order chi connectivity index (χ0) is 29.8. The number of allylic oxidation sites excluding steroid dienone is 5. The first kappa shape index (κ1) is 29.6. The second-order valence-corrected chi connectivity index (χ2v) is 14.3. The molecule has 41 heavy (non-hydrogen) atoms. The number of benzene rings is 1. The number of fused-ring (bicyclic) bond motifs is 5. The normalized spacial score (nSPS) is 33.9. The van der Waals surface area contributed by atoms with Gasteiger partial charge in [-0.15, -0.1) is 13.2 Å². The molecule has 0 radical (unpaired) electrons. The summed E-state index contributed by atoms with van der Waals surface area (Å²) in [5.41, 5.74) is 1.30. The highest BCUT2D eigenvalue weighted by Crippen LogP contribution is 2.66. The number of nitrogens with one attached hydrogen (secondary N) is 1. The summed E-state index contributed by atoms with van der Waals surface area (Å²) in [4.78, 5) is 24.3. The molecule has 6 nitrogen and oxygen atoms in total. The summed E-state index contributed by atoms with van der Waals surface area (Å²) in [5.74, 6) is 0.691. The van der Waals surface area contributed by atoms with E-state index in [0.717, 1.165) is 56.4 Å². The van der Waals surface area contributed by atoms with Crippen LogP contribution in [0.2, 0.25) is 0 Å². The van der Waals surface area contributed by atoms with Gasteiger partial charge in [0.05, 0.1) is 4.90 Å². The third-order valence-electron chi connectivity index (χ3n) is 10.4. The standard InChI is InChI=1S/C31H36F3NO5S/c1-19(4-13-28(37)35-41(38,39)23-8-6-22(7-9-23)40-31(32,33)34)25-11-12-26-24-10-5-20-18-21(36)14-16-29(20,2)27(24)15-17-30(25,26)3/h4-10,13,18-19,24-27H,11-12,14-17H2,1-3H3,(H,35,37)/b13-4+/t19-,24?,25?,26?,27?,29+,30-/m1/s1. The van der Waals surface area contributed by atoms with Gasteiger partial charge in [-0.3, -0.25) is 9.59 Å². The molecule has 0 spiro atoms. The minimum Gasteiger partial charge on any atom is -0.406 e. The van der Waals surface area contributed by atoms with Crippen LogP contribution in [0.4, 0.5) is 13.2 Å². The molecule has 1 amide bonds.